The van der Waals surface area contributed by atoms with Gasteiger partial charge in [0.1, 0.15) is 23.1 Å². The summed E-state index contributed by atoms with van der Waals surface area (Å²) in [7, 11) is 1.87. The Balaban J connectivity index is 1.87. The molecule has 0 amide bonds. The van der Waals surface area contributed by atoms with Crippen LogP contribution in [0.2, 0.25) is 0 Å². The second-order valence-corrected chi connectivity index (χ2v) is 6.21. The zero-order valence-electron chi connectivity index (χ0n) is 15.0. The molecule has 134 valence electrons. The zero-order chi connectivity index (χ0) is 18.7. The van der Waals surface area contributed by atoms with Crippen LogP contribution in [0.3, 0.4) is 0 Å². The van der Waals surface area contributed by atoms with Crippen molar-refractivity contribution in [1.29, 1.82) is 0 Å². The van der Waals surface area contributed by atoms with Crippen LogP contribution in [0, 0.1) is 19.7 Å². The van der Waals surface area contributed by atoms with Gasteiger partial charge in [-0.3, -0.25) is 0 Å². The molecule has 2 aromatic carbocycles. The molecule has 3 aromatic rings. The van der Waals surface area contributed by atoms with Gasteiger partial charge >= 0.3 is 0 Å². The molecule has 5 nitrogen and oxygen atoms in total. The van der Waals surface area contributed by atoms with Gasteiger partial charge in [-0.1, -0.05) is 24.3 Å². The molecule has 0 aliphatic heterocycles. The quantitative estimate of drug-likeness (QED) is 0.744. The fraction of sp³-hybridized carbons (Fsp3) is 0.200. The molecule has 0 atom stereocenters. The van der Waals surface area contributed by atoms with Crippen molar-refractivity contribution < 1.29 is 9.13 Å². The van der Waals surface area contributed by atoms with Crippen molar-refractivity contribution in [2.45, 2.75) is 20.4 Å². The van der Waals surface area contributed by atoms with Crippen LogP contribution in [-0.2, 0) is 6.54 Å². The van der Waals surface area contributed by atoms with Crippen molar-refractivity contribution >= 4 is 11.5 Å². The van der Waals surface area contributed by atoms with Crippen LogP contribution in [0.1, 0.15) is 17.0 Å². The summed E-state index contributed by atoms with van der Waals surface area (Å²) in [5.41, 5.74) is 8.66. The average molecular weight is 352 g/mol. The minimum atomic E-state index is -0.261. The van der Waals surface area contributed by atoms with Crippen LogP contribution in [0.5, 0.6) is 11.6 Å². The van der Waals surface area contributed by atoms with Gasteiger partial charge in [0.15, 0.2) is 5.82 Å². The van der Waals surface area contributed by atoms with E-state index >= 15 is 0 Å². The van der Waals surface area contributed by atoms with Gasteiger partial charge in [-0.05, 0) is 49.2 Å². The summed E-state index contributed by atoms with van der Waals surface area (Å²) in [6, 6.07) is 14.0. The molecular formula is C20H21FN4O. The number of benzene rings is 2. The number of nitrogen functional groups attached to an aromatic ring is 1. The lowest BCUT2D eigenvalue weighted by Crippen LogP contribution is -2.20. The smallest absolute Gasteiger partial charge is 0.248 e. The number of hydrogen-bond donors (Lipinski definition) is 1. The van der Waals surface area contributed by atoms with Gasteiger partial charge in [0.05, 0.1) is 0 Å². The molecule has 1 heterocycles. The van der Waals surface area contributed by atoms with E-state index < -0.39 is 0 Å². The van der Waals surface area contributed by atoms with Crippen molar-refractivity contribution in [3.63, 3.8) is 0 Å². The van der Waals surface area contributed by atoms with Crippen LogP contribution in [0.15, 0.2) is 48.5 Å². The summed E-state index contributed by atoms with van der Waals surface area (Å²) in [4.78, 5) is 10.7. The van der Waals surface area contributed by atoms with E-state index in [0.29, 0.717) is 35.5 Å². The molecule has 2 N–H and O–H groups in total. The first kappa shape index (κ1) is 17.7. The lowest BCUT2D eigenvalue weighted by atomic mass is 10.2. The van der Waals surface area contributed by atoms with Gasteiger partial charge in [0.25, 0.3) is 0 Å². The Hall–Kier alpha value is -3.15. The topological polar surface area (TPSA) is 64.3 Å². The summed E-state index contributed by atoms with van der Waals surface area (Å²) >= 11 is 0. The largest absolute Gasteiger partial charge is 0.437 e. The van der Waals surface area contributed by atoms with Gasteiger partial charge in [-0.25, -0.2) is 9.37 Å². The van der Waals surface area contributed by atoms with Crippen LogP contribution in [0.25, 0.3) is 0 Å². The Labute approximate surface area is 152 Å². The number of anilines is 2. The van der Waals surface area contributed by atoms with Crippen LogP contribution in [0.4, 0.5) is 15.9 Å². The van der Waals surface area contributed by atoms with E-state index in [0.717, 1.165) is 11.1 Å². The number of aryl methyl sites for hydroxylation is 2. The summed E-state index contributed by atoms with van der Waals surface area (Å²) in [6.45, 7) is 4.31. The van der Waals surface area contributed by atoms with E-state index in [-0.39, 0.29) is 5.82 Å². The molecule has 0 aliphatic rings. The maximum atomic E-state index is 13.1. The van der Waals surface area contributed by atoms with E-state index in [1.54, 1.807) is 19.1 Å². The highest BCUT2D eigenvalue weighted by Gasteiger charge is 2.16. The first-order valence-electron chi connectivity index (χ1n) is 8.26. The number of rotatable bonds is 5. The third-order valence-corrected chi connectivity index (χ3v) is 3.90. The van der Waals surface area contributed by atoms with Gasteiger partial charge in [0, 0.05) is 13.6 Å². The van der Waals surface area contributed by atoms with Crippen LogP contribution in [-0.4, -0.2) is 17.0 Å². The first-order valence-corrected chi connectivity index (χ1v) is 8.26. The van der Waals surface area contributed by atoms with Crippen LogP contribution < -0.4 is 15.4 Å². The van der Waals surface area contributed by atoms with Gasteiger partial charge in [0.2, 0.25) is 5.88 Å². The van der Waals surface area contributed by atoms with E-state index in [4.69, 9.17) is 10.5 Å². The Morgan fingerprint density at radius 2 is 1.81 bits per heavy atom. The number of nitrogens with zero attached hydrogens (tertiary/aromatic N) is 3. The monoisotopic (exact) mass is 352 g/mol. The summed E-state index contributed by atoms with van der Waals surface area (Å²) < 4.78 is 19.0. The highest BCUT2D eigenvalue weighted by molar-refractivity contribution is 5.68. The summed E-state index contributed by atoms with van der Waals surface area (Å²) in [6.07, 6.45) is 0. The predicted octanol–water partition coefficient (Wildman–Crippen LogP) is 4.24. The lowest BCUT2D eigenvalue weighted by molar-refractivity contribution is 0.462. The van der Waals surface area contributed by atoms with Gasteiger partial charge in [-0.15, -0.1) is 0 Å². The maximum Gasteiger partial charge on any atom is 0.248 e. The second kappa shape index (κ2) is 7.39. The summed E-state index contributed by atoms with van der Waals surface area (Å²) in [5, 5.41) is 0. The van der Waals surface area contributed by atoms with E-state index in [2.05, 4.69) is 9.97 Å². The molecule has 0 fully saturated rings. The normalized spacial score (nSPS) is 10.6. The molecule has 0 bridgehead atoms. The van der Waals surface area contributed by atoms with Crippen molar-refractivity contribution in [1.82, 2.24) is 9.97 Å². The highest BCUT2D eigenvalue weighted by Crippen LogP contribution is 2.32. The Kier molecular flexibility index (Phi) is 5.02. The zero-order valence-corrected chi connectivity index (χ0v) is 15.0. The number of hydrogen-bond acceptors (Lipinski definition) is 5. The number of halogens is 1. The first-order chi connectivity index (χ1) is 12.4. The van der Waals surface area contributed by atoms with Crippen molar-refractivity contribution in [2.75, 3.05) is 17.7 Å². The Morgan fingerprint density at radius 3 is 2.50 bits per heavy atom. The highest BCUT2D eigenvalue weighted by atomic mass is 19.1. The number of ether oxygens (including phenoxy) is 1. The third-order valence-electron chi connectivity index (χ3n) is 3.90. The average Bonchev–Trinajstić information content (AvgIpc) is 2.60. The Bertz CT molecular complexity index is 912. The van der Waals surface area contributed by atoms with Crippen molar-refractivity contribution in [2.24, 2.45) is 0 Å². The van der Waals surface area contributed by atoms with Crippen molar-refractivity contribution in [3.05, 3.63) is 71.3 Å². The number of nitrogens with two attached hydrogens (primary N) is 1. The number of aromatic nitrogens is 2. The molecule has 1 aromatic heterocycles. The molecule has 0 aliphatic carbocycles. The van der Waals surface area contributed by atoms with Crippen molar-refractivity contribution in [3.8, 4) is 11.6 Å². The second-order valence-electron chi connectivity index (χ2n) is 6.21. The molecule has 0 saturated carbocycles. The van der Waals surface area contributed by atoms with E-state index in [9.17, 15) is 4.39 Å². The van der Waals surface area contributed by atoms with E-state index in [1.807, 2.05) is 43.1 Å². The maximum absolute atomic E-state index is 13.1. The van der Waals surface area contributed by atoms with Crippen LogP contribution >= 0.6 is 0 Å². The SMILES string of the molecule is Cc1cccc(Oc2nc(C)nc(N(C)Cc3ccc(F)cc3)c2N)c1. The molecule has 0 unspecified atom stereocenters. The molecule has 0 spiro atoms. The Morgan fingerprint density at radius 1 is 1.08 bits per heavy atom. The lowest BCUT2D eigenvalue weighted by Gasteiger charge is -2.21. The molecule has 6 heteroatoms. The molecule has 0 radical (unpaired) electrons. The van der Waals surface area contributed by atoms with Gasteiger partial charge < -0.3 is 15.4 Å². The molecule has 26 heavy (non-hydrogen) atoms. The predicted molar refractivity (Wildman–Crippen MR) is 101 cm³/mol. The minimum absolute atomic E-state index is 0.261. The molecule has 3 rings (SSSR count). The molecular weight excluding hydrogens is 331 g/mol. The fourth-order valence-corrected chi connectivity index (χ4v) is 2.64. The third kappa shape index (κ3) is 4.08. The van der Waals surface area contributed by atoms with E-state index in [1.165, 1.54) is 12.1 Å². The minimum Gasteiger partial charge on any atom is -0.437 e. The summed E-state index contributed by atoms with van der Waals surface area (Å²) in [5.74, 6) is 1.86. The fourth-order valence-electron chi connectivity index (χ4n) is 2.64. The van der Waals surface area contributed by atoms with Gasteiger partial charge in [-0.2, -0.15) is 4.98 Å². The molecule has 0 saturated heterocycles. The standard InChI is InChI=1S/C20H21FN4O/c1-13-5-4-6-17(11-13)26-20-18(22)19(23-14(2)24-20)25(3)12-15-7-9-16(21)10-8-15/h4-11H,12,22H2,1-3H3.